The molecule has 0 saturated carbocycles. The Kier molecular flexibility index (Phi) is 14.3. The summed E-state index contributed by atoms with van der Waals surface area (Å²) in [5.41, 5.74) is 2.01. The monoisotopic (exact) mass is 684 g/mol. The van der Waals surface area contributed by atoms with E-state index in [-0.39, 0.29) is 31.6 Å². The molecular formula is C27H32BrF7N6O2. The zero-order valence-corrected chi connectivity index (χ0v) is 25.0. The topological polar surface area (TPSA) is 73.6 Å². The molecule has 0 radical (unpaired) electrons. The molecule has 0 unspecified atom stereocenters. The largest absolute Gasteiger partial charge is 0.470 e. The van der Waals surface area contributed by atoms with Crippen molar-refractivity contribution >= 4 is 46.3 Å². The van der Waals surface area contributed by atoms with Gasteiger partial charge < -0.3 is 14.5 Å². The molecule has 1 aromatic carbocycles. The molecule has 0 bridgehead atoms. The van der Waals surface area contributed by atoms with Crippen molar-refractivity contribution in [3.63, 3.8) is 0 Å². The summed E-state index contributed by atoms with van der Waals surface area (Å²) in [6.45, 7) is 1.84. The Morgan fingerprint density at radius 2 is 1.86 bits per heavy atom. The number of halogens is 8. The van der Waals surface area contributed by atoms with Gasteiger partial charge >= 0.3 is 12.3 Å². The minimum atomic E-state index is -4.07. The number of likely N-dealkylation sites (tertiary alicyclic amines) is 1. The highest BCUT2D eigenvalue weighted by molar-refractivity contribution is 9.10. The lowest BCUT2D eigenvalue weighted by molar-refractivity contribution is -0.143. The number of benzene rings is 1. The maximum Gasteiger partial charge on any atom is 0.319 e. The van der Waals surface area contributed by atoms with Gasteiger partial charge in [0.05, 0.1) is 42.9 Å². The second-order valence-corrected chi connectivity index (χ2v) is 10.2. The predicted octanol–water partition coefficient (Wildman–Crippen LogP) is 6.04. The number of ether oxygens (including phenoxy) is 1. The van der Waals surface area contributed by atoms with Crippen LogP contribution in [0, 0.1) is 0 Å². The predicted molar refractivity (Wildman–Crippen MR) is 155 cm³/mol. The van der Waals surface area contributed by atoms with Gasteiger partial charge in [-0.2, -0.15) is 13.9 Å². The van der Waals surface area contributed by atoms with Gasteiger partial charge in [-0.15, -0.1) is 5.10 Å². The highest BCUT2D eigenvalue weighted by atomic mass is 79.9. The number of piperidine rings is 1. The Balaban J connectivity index is 0.00000316. The van der Waals surface area contributed by atoms with Crippen LogP contribution in [0.25, 0.3) is 0 Å². The molecule has 1 aromatic heterocycles. The van der Waals surface area contributed by atoms with Gasteiger partial charge in [0.1, 0.15) is 0 Å². The lowest BCUT2D eigenvalue weighted by atomic mass is 10.0. The van der Waals surface area contributed by atoms with Gasteiger partial charge in [0.15, 0.2) is 6.61 Å². The van der Waals surface area contributed by atoms with E-state index >= 15 is 0 Å². The minimum Gasteiger partial charge on any atom is -0.470 e. The van der Waals surface area contributed by atoms with Crippen LogP contribution in [0.15, 0.2) is 51.2 Å². The maximum atomic E-state index is 13.5. The van der Waals surface area contributed by atoms with E-state index in [9.17, 15) is 35.5 Å². The van der Waals surface area contributed by atoms with Crippen LogP contribution in [0.4, 0.5) is 42.1 Å². The standard InChI is InChI=1S/C26H29BrF6N6O2.CH3F/c1-34-36-24(41-14-23(28)29)17-3-5-19(35-12-17)13-39(16-40)21-6-4-18(27)11-22(21)37(2)20-7-9-38(10-8-20)15-26(32,33)25(30)31;1-2/h3-6,11-12,16,20,23,25H,1,7-10,13-15H2,2H3;1H3/b36-24-;. The number of pyridine rings is 1. The van der Waals surface area contributed by atoms with Crippen molar-refractivity contribution in [2.24, 2.45) is 10.2 Å². The zero-order chi connectivity index (χ0) is 32.2. The summed E-state index contributed by atoms with van der Waals surface area (Å²) >= 11 is 3.45. The molecule has 16 heteroatoms. The van der Waals surface area contributed by atoms with Gasteiger partial charge in [-0.05, 0) is 43.2 Å². The molecule has 1 aliphatic rings. The van der Waals surface area contributed by atoms with Crippen molar-refractivity contribution in [1.82, 2.24) is 9.88 Å². The summed E-state index contributed by atoms with van der Waals surface area (Å²) in [6, 6.07) is 8.38. The SMILES string of the molecule is C=N/N=C(\OCC(F)F)c1ccc(CN(C=O)c2ccc(Br)cc2N(C)C2CCN(CC(F)(F)C(F)F)CC2)nc1.CF. The van der Waals surface area contributed by atoms with E-state index in [1.165, 1.54) is 16.0 Å². The van der Waals surface area contributed by atoms with Crippen LogP contribution < -0.4 is 9.80 Å². The molecule has 0 N–H and O–H groups in total. The molecule has 1 amide bonds. The van der Waals surface area contributed by atoms with Crippen molar-refractivity contribution in [1.29, 1.82) is 0 Å². The fourth-order valence-electron chi connectivity index (χ4n) is 4.42. The van der Waals surface area contributed by atoms with Crippen LogP contribution in [0.1, 0.15) is 24.1 Å². The van der Waals surface area contributed by atoms with E-state index in [0.717, 1.165) is 4.47 Å². The number of aromatic nitrogens is 1. The second kappa shape index (κ2) is 17.1. The third kappa shape index (κ3) is 10.4. The van der Waals surface area contributed by atoms with Crippen LogP contribution in [0.2, 0.25) is 0 Å². The quantitative estimate of drug-likeness (QED) is 0.0847. The minimum absolute atomic E-state index is 0.0669. The average molecular weight is 685 g/mol. The van der Waals surface area contributed by atoms with Gasteiger partial charge in [0, 0.05) is 43.6 Å². The molecule has 2 heterocycles. The van der Waals surface area contributed by atoms with Gasteiger partial charge in [-0.1, -0.05) is 15.9 Å². The number of amides is 1. The molecule has 8 nitrogen and oxygen atoms in total. The van der Waals surface area contributed by atoms with E-state index in [1.807, 2.05) is 18.0 Å². The summed E-state index contributed by atoms with van der Waals surface area (Å²) in [6.07, 6.45) is -3.50. The Morgan fingerprint density at radius 3 is 2.40 bits per heavy atom. The molecule has 2 aromatic rings. The van der Waals surface area contributed by atoms with Crippen LogP contribution >= 0.6 is 15.9 Å². The fraction of sp³-hybridized carbons (Fsp3) is 0.481. The first-order valence-corrected chi connectivity index (χ1v) is 13.6. The Bertz CT molecular complexity index is 1200. The lowest BCUT2D eigenvalue weighted by Gasteiger charge is -2.39. The number of rotatable bonds is 13. The van der Waals surface area contributed by atoms with Crippen LogP contribution in [-0.4, -0.2) is 94.2 Å². The molecule has 0 atom stereocenters. The maximum absolute atomic E-state index is 13.5. The van der Waals surface area contributed by atoms with E-state index in [1.54, 1.807) is 24.3 Å². The number of nitrogens with zero attached hydrogens (tertiary/aromatic N) is 6. The van der Waals surface area contributed by atoms with Crippen LogP contribution in [0.5, 0.6) is 0 Å². The molecule has 1 saturated heterocycles. The van der Waals surface area contributed by atoms with Crippen molar-refractivity contribution in [3.05, 3.63) is 52.3 Å². The number of hydrogen-bond donors (Lipinski definition) is 0. The van der Waals surface area contributed by atoms with Crippen molar-refractivity contribution in [2.75, 3.05) is 50.3 Å². The normalized spacial score (nSPS) is 14.7. The van der Waals surface area contributed by atoms with Gasteiger partial charge in [0.25, 0.3) is 6.43 Å². The van der Waals surface area contributed by atoms with Gasteiger partial charge in [-0.25, -0.2) is 17.6 Å². The molecule has 43 heavy (non-hydrogen) atoms. The Hall–Kier alpha value is -3.27. The molecule has 238 valence electrons. The van der Waals surface area contributed by atoms with Crippen molar-refractivity contribution in [2.45, 2.75) is 44.2 Å². The van der Waals surface area contributed by atoms with Gasteiger partial charge in [0.2, 0.25) is 12.3 Å². The fourth-order valence-corrected chi connectivity index (χ4v) is 4.77. The molecular weight excluding hydrogens is 653 g/mol. The summed E-state index contributed by atoms with van der Waals surface area (Å²) in [5.74, 6) is -4.24. The van der Waals surface area contributed by atoms with E-state index in [0.29, 0.717) is 49.1 Å². The summed E-state index contributed by atoms with van der Waals surface area (Å²) in [7, 11) is 2.32. The Morgan fingerprint density at radius 1 is 1.19 bits per heavy atom. The number of carbonyl (C=O) groups excluding carboxylic acids is 1. The third-order valence-corrected chi connectivity index (χ3v) is 7.02. The highest BCUT2D eigenvalue weighted by Crippen LogP contribution is 2.35. The Labute approximate surface area is 253 Å². The zero-order valence-electron chi connectivity index (χ0n) is 23.5. The van der Waals surface area contributed by atoms with Crippen molar-refractivity contribution < 1.29 is 40.3 Å². The molecule has 0 spiro atoms. The smallest absolute Gasteiger partial charge is 0.319 e. The van der Waals surface area contributed by atoms with Crippen LogP contribution in [0.3, 0.4) is 0 Å². The third-order valence-electron chi connectivity index (χ3n) is 6.52. The molecule has 3 rings (SSSR count). The second-order valence-electron chi connectivity index (χ2n) is 9.33. The number of anilines is 2. The first kappa shape index (κ1) is 35.9. The van der Waals surface area contributed by atoms with E-state index < -0.39 is 31.9 Å². The first-order chi connectivity index (χ1) is 20.4. The average Bonchev–Trinajstić information content (AvgIpc) is 2.99. The lowest BCUT2D eigenvalue weighted by Crippen LogP contribution is -2.49. The highest BCUT2D eigenvalue weighted by Gasteiger charge is 2.43. The van der Waals surface area contributed by atoms with Gasteiger partial charge in [-0.3, -0.25) is 19.1 Å². The van der Waals surface area contributed by atoms with Crippen LogP contribution in [-0.2, 0) is 16.1 Å². The number of hydrogen-bond acceptors (Lipinski definition) is 7. The van der Waals surface area contributed by atoms with E-state index in [2.05, 4.69) is 37.8 Å². The summed E-state index contributed by atoms with van der Waals surface area (Å²) < 4.78 is 92.6. The van der Waals surface area contributed by atoms with E-state index in [4.69, 9.17) is 4.74 Å². The van der Waals surface area contributed by atoms with Crippen molar-refractivity contribution in [3.8, 4) is 0 Å². The molecule has 1 aliphatic heterocycles. The summed E-state index contributed by atoms with van der Waals surface area (Å²) in [5, 5.41) is 6.94. The number of carbonyl (C=O) groups is 1. The molecule has 0 aliphatic carbocycles. The number of alkyl halides is 7. The first-order valence-electron chi connectivity index (χ1n) is 12.9. The summed E-state index contributed by atoms with van der Waals surface area (Å²) in [4.78, 5) is 21.2. The molecule has 1 fully saturated rings.